The van der Waals surface area contributed by atoms with Gasteiger partial charge in [0.15, 0.2) is 0 Å². The number of nitrogens with one attached hydrogen (secondary N) is 2. The minimum atomic E-state index is -4.38. The zero-order valence-corrected chi connectivity index (χ0v) is 26.1. The summed E-state index contributed by atoms with van der Waals surface area (Å²) in [5.41, 5.74) is 3.12. The molecular weight excluding hydrogens is 585 g/mol. The number of aromatic carboxylic acids is 1. The summed E-state index contributed by atoms with van der Waals surface area (Å²) in [7, 11) is -4.38. The van der Waals surface area contributed by atoms with Crippen LogP contribution in [0.25, 0.3) is 11.3 Å². The number of pyridine rings is 1. The largest absolute Gasteiger partial charge is 0.478 e. The van der Waals surface area contributed by atoms with Gasteiger partial charge in [-0.25, -0.2) is 27.9 Å². The Hall–Kier alpha value is -4.42. The van der Waals surface area contributed by atoms with E-state index < -0.39 is 26.8 Å². The van der Waals surface area contributed by atoms with E-state index in [0.717, 1.165) is 16.7 Å². The lowest BCUT2D eigenvalue weighted by Gasteiger charge is -2.27. The standard InChI is InChI=1S/C32H36FN5O5S/c1-20-10-8-11-21(2)29(20)25-16-28(37-31(36-25)38-44(41,42)26-14-7-6-13-24(26)30(39)40)43-19-23(17-32(3,4)5)34-18-22-12-9-15-27(33)35-22/h6-16,23,34H,17-19H2,1-5H3,(H,39,40)(H,36,37,38)/t23-/m1/s1. The molecule has 0 aliphatic rings. The molecule has 3 N–H and O–H groups in total. The van der Waals surface area contributed by atoms with E-state index in [1.54, 1.807) is 18.2 Å². The van der Waals surface area contributed by atoms with Crippen LogP contribution < -0.4 is 14.8 Å². The Morgan fingerprint density at radius 1 is 0.977 bits per heavy atom. The van der Waals surface area contributed by atoms with E-state index in [-0.39, 0.29) is 35.5 Å². The van der Waals surface area contributed by atoms with Crippen LogP contribution in [0.2, 0.25) is 0 Å². The van der Waals surface area contributed by atoms with Crippen molar-refractivity contribution in [2.45, 2.75) is 58.5 Å². The quantitative estimate of drug-likeness (QED) is 0.168. The van der Waals surface area contributed by atoms with Crippen LogP contribution in [0.5, 0.6) is 5.88 Å². The van der Waals surface area contributed by atoms with Crippen LogP contribution in [-0.4, -0.2) is 47.1 Å². The average molecular weight is 622 g/mol. The van der Waals surface area contributed by atoms with Crippen molar-refractivity contribution in [1.82, 2.24) is 20.3 Å². The summed E-state index contributed by atoms with van der Waals surface area (Å²) in [5.74, 6) is -2.10. The zero-order chi connectivity index (χ0) is 32.1. The number of carboxylic acids is 1. The van der Waals surface area contributed by atoms with E-state index >= 15 is 0 Å². The lowest BCUT2D eigenvalue weighted by Crippen LogP contribution is -2.37. The summed E-state index contributed by atoms with van der Waals surface area (Å²) in [6, 6.07) is 17.1. The second-order valence-electron chi connectivity index (χ2n) is 11.7. The Balaban J connectivity index is 1.68. The molecular formula is C32H36FN5O5S. The maximum absolute atomic E-state index is 13.6. The summed E-state index contributed by atoms with van der Waals surface area (Å²) in [6.45, 7) is 10.6. The first-order chi connectivity index (χ1) is 20.7. The normalized spacial score (nSPS) is 12.5. The molecule has 0 bridgehead atoms. The van der Waals surface area contributed by atoms with Crippen molar-refractivity contribution >= 4 is 21.9 Å². The highest BCUT2D eigenvalue weighted by molar-refractivity contribution is 7.92. The number of anilines is 1. The van der Waals surface area contributed by atoms with E-state index in [4.69, 9.17) is 4.74 Å². The van der Waals surface area contributed by atoms with Crippen LogP contribution in [0.15, 0.2) is 71.6 Å². The number of benzene rings is 2. The lowest BCUT2D eigenvalue weighted by molar-refractivity contribution is 0.0692. The number of nitrogens with zero attached hydrogens (tertiary/aromatic N) is 3. The van der Waals surface area contributed by atoms with Crippen LogP contribution in [-0.2, 0) is 16.6 Å². The fourth-order valence-corrected chi connectivity index (χ4v) is 6.00. The summed E-state index contributed by atoms with van der Waals surface area (Å²) < 4.78 is 48.8. The number of carbonyl (C=O) groups is 1. The number of carboxylic acid groups (broad SMARTS) is 1. The highest BCUT2D eigenvalue weighted by Crippen LogP contribution is 2.30. The van der Waals surface area contributed by atoms with Gasteiger partial charge in [0.05, 0.1) is 17.0 Å². The molecule has 0 fully saturated rings. The Morgan fingerprint density at radius 2 is 1.66 bits per heavy atom. The molecule has 232 valence electrons. The Bertz CT molecular complexity index is 1740. The summed E-state index contributed by atoms with van der Waals surface area (Å²) in [6.07, 6.45) is 0.697. The maximum Gasteiger partial charge on any atom is 0.337 e. The lowest BCUT2D eigenvalue weighted by atomic mass is 9.88. The van der Waals surface area contributed by atoms with Gasteiger partial charge in [0.2, 0.25) is 17.8 Å². The summed E-state index contributed by atoms with van der Waals surface area (Å²) in [5, 5.41) is 12.9. The Labute approximate surface area is 256 Å². The number of rotatable bonds is 12. The van der Waals surface area contributed by atoms with Crippen LogP contribution in [0.3, 0.4) is 0 Å². The minimum absolute atomic E-state index is 0.0795. The molecule has 2 aromatic heterocycles. The number of hydrogen-bond donors (Lipinski definition) is 3. The molecule has 10 nitrogen and oxygen atoms in total. The maximum atomic E-state index is 13.6. The monoisotopic (exact) mass is 621 g/mol. The van der Waals surface area contributed by atoms with Crippen molar-refractivity contribution in [3.8, 4) is 17.1 Å². The second kappa shape index (κ2) is 13.5. The molecule has 44 heavy (non-hydrogen) atoms. The molecule has 0 amide bonds. The predicted octanol–water partition coefficient (Wildman–Crippen LogP) is 5.77. The van der Waals surface area contributed by atoms with Gasteiger partial charge in [0.25, 0.3) is 10.0 Å². The van der Waals surface area contributed by atoms with Crippen LogP contribution in [0.1, 0.15) is 54.4 Å². The highest BCUT2D eigenvalue weighted by Gasteiger charge is 2.25. The average Bonchev–Trinajstić information content (AvgIpc) is 2.93. The van der Waals surface area contributed by atoms with E-state index in [2.05, 4.69) is 45.8 Å². The van der Waals surface area contributed by atoms with Gasteiger partial charge in [0.1, 0.15) is 11.5 Å². The molecule has 4 aromatic rings. The molecule has 2 heterocycles. The third-order valence-electron chi connectivity index (χ3n) is 6.71. The first kappa shape index (κ1) is 32.5. The van der Waals surface area contributed by atoms with E-state index in [0.29, 0.717) is 24.4 Å². The van der Waals surface area contributed by atoms with Gasteiger partial charge in [0, 0.05) is 24.2 Å². The van der Waals surface area contributed by atoms with Gasteiger partial charge in [-0.2, -0.15) is 9.37 Å². The van der Waals surface area contributed by atoms with Crippen molar-refractivity contribution in [2.75, 3.05) is 11.3 Å². The van der Waals surface area contributed by atoms with Gasteiger partial charge < -0.3 is 15.2 Å². The van der Waals surface area contributed by atoms with Crippen molar-refractivity contribution in [2.24, 2.45) is 5.41 Å². The number of halogens is 1. The van der Waals surface area contributed by atoms with E-state index in [1.807, 2.05) is 32.0 Å². The number of aryl methyl sites for hydroxylation is 2. The molecule has 0 saturated carbocycles. The van der Waals surface area contributed by atoms with Gasteiger partial charge >= 0.3 is 5.97 Å². The molecule has 0 unspecified atom stereocenters. The molecule has 0 spiro atoms. The number of hydrogen-bond acceptors (Lipinski definition) is 8. The molecule has 0 aliphatic heterocycles. The Morgan fingerprint density at radius 3 is 2.32 bits per heavy atom. The van der Waals surface area contributed by atoms with Crippen LogP contribution in [0.4, 0.5) is 10.3 Å². The van der Waals surface area contributed by atoms with Crippen molar-refractivity contribution < 1.29 is 27.4 Å². The van der Waals surface area contributed by atoms with Crippen molar-refractivity contribution in [3.63, 3.8) is 0 Å². The number of sulfonamides is 1. The third-order valence-corrected chi connectivity index (χ3v) is 8.09. The van der Waals surface area contributed by atoms with E-state index in [9.17, 15) is 22.7 Å². The number of aromatic nitrogens is 3. The first-order valence-corrected chi connectivity index (χ1v) is 15.5. The van der Waals surface area contributed by atoms with Gasteiger partial charge in [-0.1, -0.05) is 57.2 Å². The molecule has 0 aliphatic carbocycles. The Kier molecular flexibility index (Phi) is 9.95. The summed E-state index contributed by atoms with van der Waals surface area (Å²) in [4.78, 5) is 24.1. The van der Waals surface area contributed by atoms with Gasteiger partial charge in [-0.3, -0.25) is 0 Å². The topological polar surface area (TPSA) is 143 Å². The molecule has 12 heteroatoms. The molecule has 0 radical (unpaired) electrons. The van der Waals surface area contributed by atoms with Crippen molar-refractivity contribution in [1.29, 1.82) is 0 Å². The fourth-order valence-electron chi connectivity index (χ4n) is 4.86. The van der Waals surface area contributed by atoms with Crippen molar-refractivity contribution in [3.05, 3.63) is 95.1 Å². The predicted molar refractivity (Wildman–Crippen MR) is 166 cm³/mol. The SMILES string of the molecule is Cc1cccc(C)c1-c1cc(OC[C@@H](CC(C)(C)C)NCc2cccc(F)n2)nc(NS(=O)(=O)c2ccccc2C(=O)O)n1. The van der Waals surface area contributed by atoms with Crippen LogP contribution >= 0.6 is 0 Å². The molecule has 1 atom stereocenters. The zero-order valence-electron chi connectivity index (χ0n) is 25.3. The smallest absolute Gasteiger partial charge is 0.337 e. The van der Waals surface area contributed by atoms with Gasteiger partial charge in [-0.15, -0.1) is 0 Å². The summed E-state index contributed by atoms with van der Waals surface area (Å²) >= 11 is 0. The van der Waals surface area contributed by atoms with Gasteiger partial charge in [-0.05, 0) is 61.1 Å². The van der Waals surface area contributed by atoms with E-state index in [1.165, 1.54) is 30.3 Å². The highest BCUT2D eigenvalue weighted by atomic mass is 32.2. The molecule has 0 saturated heterocycles. The number of ether oxygens (including phenoxy) is 1. The second-order valence-corrected chi connectivity index (χ2v) is 13.3. The first-order valence-electron chi connectivity index (χ1n) is 14.0. The molecule has 4 rings (SSSR count). The fraction of sp³-hybridized carbons (Fsp3) is 0.312. The minimum Gasteiger partial charge on any atom is -0.478 e. The molecule has 2 aromatic carbocycles. The van der Waals surface area contributed by atoms with Crippen LogP contribution in [0, 0.1) is 25.2 Å². The third kappa shape index (κ3) is 8.57.